The Morgan fingerprint density at radius 2 is 2.00 bits per heavy atom. The molecule has 0 aromatic heterocycles. The SMILES string of the molecule is Cc1cccc(S(=O)(=O)N2CCCCNCC2)c1. The first-order chi connectivity index (χ1) is 8.60. The number of sulfonamides is 1. The topological polar surface area (TPSA) is 49.4 Å². The van der Waals surface area contributed by atoms with Crippen molar-refractivity contribution in [1.82, 2.24) is 9.62 Å². The molecule has 0 spiro atoms. The highest BCUT2D eigenvalue weighted by Gasteiger charge is 2.24. The molecule has 1 aromatic carbocycles. The fourth-order valence-corrected chi connectivity index (χ4v) is 3.73. The van der Waals surface area contributed by atoms with Gasteiger partial charge in [-0.15, -0.1) is 0 Å². The lowest BCUT2D eigenvalue weighted by atomic mass is 10.2. The average molecular weight is 268 g/mol. The molecular formula is C13H20N2O2S. The van der Waals surface area contributed by atoms with Crippen molar-refractivity contribution in [2.45, 2.75) is 24.7 Å². The summed E-state index contributed by atoms with van der Waals surface area (Å²) in [7, 11) is -3.33. The predicted octanol–water partition coefficient (Wildman–Crippen LogP) is 1.37. The molecule has 1 aliphatic heterocycles. The number of benzene rings is 1. The standard InChI is InChI=1S/C13H20N2O2S/c1-12-5-4-6-13(11-12)18(16,17)15-9-3-2-7-14-8-10-15/h4-6,11,14H,2-3,7-10H2,1H3. The zero-order valence-corrected chi connectivity index (χ0v) is 11.5. The van der Waals surface area contributed by atoms with Crippen LogP contribution in [0, 0.1) is 6.92 Å². The van der Waals surface area contributed by atoms with Gasteiger partial charge in [-0.2, -0.15) is 4.31 Å². The molecule has 0 unspecified atom stereocenters. The van der Waals surface area contributed by atoms with Crippen molar-refractivity contribution >= 4 is 10.0 Å². The number of hydrogen-bond acceptors (Lipinski definition) is 3. The Balaban J connectivity index is 2.23. The molecule has 0 saturated carbocycles. The van der Waals surface area contributed by atoms with Crippen molar-refractivity contribution in [3.05, 3.63) is 29.8 Å². The van der Waals surface area contributed by atoms with Gasteiger partial charge in [0.15, 0.2) is 0 Å². The highest BCUT2D eigenvalue weighted by Crippen LogP contribution is 2.17. The highest BCUT2D eigenvalue weighted by molar-refractivity contribution is 7.89. The first-order valence-corrected chi connectivity index (χ1v) is 7.82. The molecule has 2 rings (SSSR count). The molecule has 4 nitrogen and oxygen atoms in total. The van der Waals surface area contributed by atoms with Gasteiger partial charge in [-0.05, 0) is 44.0 Å². The van der Waals surface area contributed by atoms with E-state index in [4.69, 9.17) is 0 Å². The number of nitrogens with one attached hydrogen (secondary N) is 1. The van der Waals surface area contributed by atoms with E-state index >= 15 is 0 Å². The van der Waals surface area contributed by atoms with Crippen LogP contribution in [-0.4, -0.2) is 38.9 Å². The molecule has 18 heavy (non-hydrogen) atoms. The third-order valence-electron chi connectivity index (χ3n) is 3.18. The van der Waals surface area contributed by atoms with Gasteiger partial charge in [0.1, 0.15) is 0 Å². The molecule has 1 aliphatic rings. The van der Waals surface area contributed by atoms with Crippen molar-refractivity contribution in [2.75, 3.05) is 26.2 Å². The molecule has 1 saturated heterocycles. The van der Waals surface area contributed by atoms with Gasteiger partial charge in [0.2, 0.25) is 10.0 Å². The maximum Gasteiger partial charge on any atom is 0.243 e. The van der Waals surface area contributed by atoms with Crippen LogP contribution in [0.25, 0.3) is 0 Å². The molecule has 1 N–H and O–H groups in total. The molecule has 1 fully saturated rings. The zero-order valence-electron chi connectivity index (χ0n) is 10.7. The van der Waals surface area contributed by atoms with Crippen LogP contribution in [0.5, 0.6) is 0 Å². The second kappa shape index (κ2) is 5.82. The zero-order chi connectivity index (χ0) is 13.0. The van der Waals surface area contributed by atoms with Crippen molar-refractivity contribution < 1.29 is 8.42 Å². The second-order valence-corrected chi connectivity index (χ2v) is 6.62. The number of nitrogens with zero attached hydrogens (tertiary/aromatic N) is 1. The summed E-state index contributed by atoms with van der Waals surface area (Å²) in [5, 5.41) is 3.25. The lowest BCUT2D eigenvalue weighted by Gasteiger charge is -2.24. The average Bonchev–Trinajstić information content (AvgIpc) is 2.27. The van der Waals surface area contributed by atoms with E-state index in [1.54, 1.807) is 22.5 Å². The molecule has 1 aromatic rings. The second-order valence-electron chi connectivity index (χ2n) is 4.68. The quantitative estimate of drug-likeness (QED) is 0.881. The highest BCUT2D eigenvalue weighted by atomic mass is 32.2. The molecule has 0 radical (unpaired) electrons. The summed E-state index contributed by atoms with van der Waals surface area (Å²) in [4.78, 5) is 0.406. The summed E-state index contributed by atoms with van der Waals surface area (Å²) < 4.78 is 26.6. The van der Waals surface area contributed by atoms with E-state index in [1.165, 1.54) is 0 Å². The third kappa shape index (κ3) is 3.10. The predicted molar refractivity (Wildman–Crippen MR) is 72.0 cm³/mol. The molecule has 0 amide bonds. The van der Waals surface area contributed by atoms with Crippen molar-refractivity contribution in [2.24, 2.45) is 0 Å². The van der Waals surface area contributed by atoms with Gasteiger partial charge in [0.05, 0.1) is 4.90 Å². The summed E-state index contributed by atoms with van der Waals surface area (Å²) in [5.74, 6) is 0. The minimum absolute atomic E-state index is 0.406. The minimum Gasteiger partial charge on any atom is -0.315 e. The fraction of sp³-hybridized carbons (Fsp3) is 0.538. The lowest BCUT2D eigenvalue weighted by molar-refractivity contribution is 0.373. The molecule has 0 atom stereocenters. The van der Waals surface area contributed by atoms with E-state index in [-0.39, 0.29) is 0 Å². The molecule has 100 valence electrons. The maximum atomic E-state index is 12.5. The van der Waals surface area contributed by atoms with Gasteiger partial charge in [0, 0.05) is 19.6 Å². The van der Waals surface area contributed by atoms with E-state index in [0.717, 1.165) is 31.5 Å². The largest absolute Gasteiger partial charge is 0.315 e. The van der Waals surface area contributed by atoms with Gasteiger partial charge in [-0.1, -0.05) is 12.1 Å². The molecule has 5 heteroatoms. The third-order valence-corrected chi connectivity index (χ3v) is 5.07. The van der Waals surface area contributed by atoms with E-state index in [1.807, 2.05) is 13.0 Å². The molecule has 0 aliphatic carbocycles. The normalized spacial score (nSPS) is 19.2. The van der Waals surface area contributed by atoms with E-state index in [9.17, 15) is 8.42 Å². The van der Waals surface area contributed by atoms with Crippen LogP contribution in [0.1, 0.15) is 18.4 Å². The molecule has 1 heterocycles. The van der Waals surface area contributed by atoms with Gasteiger partial charge in [0.25, 0.3) is 0 Å². The summed E-state index contributed by atoms with van der Waals surface area (Å²) in [5.41, 5.74) is 0.973. The lowest BCUT2D eigenvalue weighted by Crippen LogP contribution is -2.39. The smallest absolute Gasteiger partial charge is 0.243 e. The van der Waals surface area contributed by atoms with Gasteiger partial charge >= 0.3 is 0 Å². The Kier molecular flexibility index (Phi) is 4.37. The van der Waals surface area contributed by atoms with E-state index in [2.05, 4.69) is 5.32 Å². The fourth-order valence-electron chi connectivity index (χ4n) is 2.14. The maximum absolute atomic E-state index is 12.5. The summed E-state index contributed by atoms with van der Waals surface area (Å²) >= 11 is 0. The Morgan fingerprint density at radius 3 is 2.78 bits per heavy atom. The Morgan fingerprint density at radius 1 is 1.17 bits per heavy atom. The van der Waals surface area contributed by atoms with Crippen molar-refractivity contribution in [1.29, 1.82) is 0 Å². The summed E-state index contributed by atoms with van der Waals surface area (Å²) in [6.07, 6.45) is 1.94. The Bertz CT molecular complexity index is 491. The number of hydrogen-bond donors (Lipinski definition) is 1. The molecular weight excluding hydrogens is 248 g/mol. The Hall–Kier alpha value is -0.910. The van der Waals surface area contributed by atoms with Crippen molar-refractivity contribution in [3.63, 3.8) is 0 Å². The van der Waals surface area contributed by atoms with Crippen LogP contribution in [0.4, 0.5) is 0 Å². The summed E-state index contributed by atoms with van der Waals surface area (Å²) in [6.45, 7) is 4.80. The molecule has 0 bridgehead atoms. The minimum atomic E-state index is -3.33. The van der Waals surface area contributed by atoms with E-state index < -0.39 is 10.0 Å². The van der Waals surface area contributed by atoms with Crippen LogP contribution < -0.4 is 5.32 Å². The van der Waals surface area contributed by atoms with Crippen molar-refractivity contribution in [3.8, 4) is 0 Å². The Labute approximate surface area is 109 Å². The first-order valence-electron chi connectivity index (χ1n) is 6.38. The van der Waals surface area contributed by atoms with Gasteiger partial charge in [-0.3, -0.25) is 0 Å². The number of rotatable bonds is 2. The van der Waals surface area contributed by atoms with E-state index in [0.29, 0.717) is 18.0 Å². The monoisotopic (exact) mass is 268 g/mol. The van der Waals surface area contributed by atoms with Crippen LogP contribution in [-0.2, 0) is 10.0 Å². The van der Waals surface area contributed by atoms with Crippen LogP contribution in [0.3, 0.4) is 0 Å². The summed E-state index contributed by atoms with van der Waals surface area (Å²) in [6, 6.07) is 7.12. The number of aryl methyl sites for hydroxylation is 1. The van der Waals surface area contributed by atoms with Gasteiger partial charge < -0.3 is 5.32 Å². The van der Waals surface area contributed by atoms with Crippen LogP contribution in [0.15, 0.2) is 29.2 Å². The van der Waals surface area contributed by atoms with Crippen LogP contribution >= 0.6 is 0 Å². The van der Waals surface area contributed by atoms with Crippen LogP contribution in [0.2, 0.25) is 0 Å². The first kappa shape index (κ1) is 13.5. The van der Waals surface area contributed by atoms with Gasteiger partial charge in [-0.25, -0.2) is 8.42 Å².